The van der Waals surface area contributed by atoms with E-state index in [2.05, 4.69) is 12.2 Å². The average Bonchev–Trinajstić information content (AvgIpc) is 2.48. The smallest absolute Gasteiger partial charge is 0.314 e. The highest BCUT2D eigenvalue weighted by Crippen LogP contribution is 2.26. The number of hydrogen-bond acceptors (Lipinski definition) is 3. The normalized spacial score (nSPS) is 18.0. The number of rotatable bonds is 4. The molecule has 0 heterocycles. The van der Waals surface area contributed by atoms with E-state index in [0.29, 0.717) is 11.8 Å². The van der Waals surface area contributed by atoms with Gasteiger partial charge in [-0.25, -0.2) is 0 Å². The average molecular weight is 261 g/mol. The van der Waals surface area contributed by atoms with Crippen LogP contribution in [-0.2, 0) is 4.79 Å². The summed E-state index contributed by atoms with van der Waals surface area (Å²) in [6, 6.07) is 8.08. The lowest BCUT2D eigenvalue weighted by Crippen LogP contribution is -2.22. The van der Waals surface area contributed by atoms with Gasteiger partial charge in [-0.05, 0) is 44.5 Å². The lowest BCUT2D eigenvalue weighted by Gasteiger charge is -2.20. The van der Waals surface area contributed by atoms with Gasteiger partial charge in [-0.15, -0.1) is 0 Å². The SMILES string of the molecule is CNC(C)c1ccc(OC(=O)C2CCCCC2)cc1. The third kappa shape index (κ3) is 3.80. The van der Waals surface area contributed by atoms with Crippen molar-refractivity contribution in [2.45, 2.75) is 45.1 Å². The molecule has 19 heavy (non-hydrogen) atoms. The third-order valence-electron chi connectivity index (χ3n) is 3.97. The maximum absolute atomic E-state index is 12.0. The van der Waals surface area contributed by atoms with Crippen LogP contribution in [0.3, 0.4) is 0 Å². The predicted octanol–water partition coefficient (Wildman–Crippen LogP) is 3.45. The van der Waals surface area contributed by atoms with Gasteiger partial charge in [0.25, 0.3) is 0 Å². The first kappa shape index (κ1) is 14.1. The molecule has 0 amide bonds. The molecule has 2 rings (SSSR count). The van der Waals surface area contributed by atoms with Crippen LogP contribution in [0.25, 0.3) is 0 Å². The molecule has 0 radical (unpaired) electrons. The quantitative estimate of drug-likeness (QED) is 0.666. The lowest BCUT2D eigenvalue weighted by molar-refractivity contribution is -0.139. The molecule has 0 aliphatic heterocycles. The summed E-state index contributed by atoms with van der Waals surface area (Å²) in [6.07, 6.45) is 5.51. The molecule has 1 atom stereocenters. The molecule has 1 unspecified atom stereocenters. The van der Waals surface area contributed by atoms with Gasteiger partial charge in [-0.3, -0.25) is 4.79 Å². The van der Waals surface area contributed by atoms with Gasteiger partial charge in [-0.2, -0.15) is 0 Å². The minimum Gasteiger partial charge on any atom is -0.426 e. The fourth-order valence-electron chi connectivity index (χ4n) is 2.53. The van der Waals surface area contributed by atoms with Crippen LogP contribution in [0.2, 0.25) is 0 Å². The summed E-state index contributed by atoms with van der Waals surface area (Å²) in [5.74, 6) is 0.696. The number of hydrogen-bond donors (Lipinski definition) is 1. The zero-order valence-electron chi connectivity index (χ0n) is 11.8. The van der Waals surface area contributed by atoms with Crippen LogP contribution < -0.4 is 10.1 Å². The van der Waals surface area contributed by atoms with Crippen molar-refractivity contribution in [1.29, 1.82) is 0 Å². The predicted molar refractivity (Wildman–Crippen MR) is 76.1 cm³/mol. The summed E-state index contributed by atoms with van der Waals surface area (Å²) in [5.41, 5.74) is 1.19. The van der Waals surface area contributed by atoms with Crippen LogP contribution in [0, 0.1) is 5.92 Å². The molecule has 0 bridgehead atoms. The zero-order chi connectivity index (χ0) is 13.7. The number of nitrogens with one attached hydrogen (secondary N) is 1. The van der Waals surface area contributed by atoms with Crippen LogP contribution in [0.5, 0.6) is 5.75 Å². The lowest BCUT2D eigenvalue weighted by atomic mass is 9.89. The Balaban J connectivity index is 1.93. The summed E-state index contributed by atoms with van der Waals surface area (Å²) in [5, 5.41) is 3.19. The molecule has 1 saturated carbocycles. The summed E-state index contributed by atoms with van der Waals surface area (Å²) in [6.45, 7) is 2.10. The van der Waals surface area contributed by atoms with E-state index in [4.69, 9.17) is 4.74 Å². The molecule has 0 saturated heterocycles. The second kappa shape index (κ2) is 6.71. The standard InChI is InChI=1S/C16H23NO2/c1-12(17-2)13-8-10-15(11-9-13)19-16(18)14-6-4-3-5-7-14/h8-12,14,17H,3-7H2,1-2H3. The summed E-state index contributed by atoms with van der Waals surface area (Å²) < 4.78 is 5.46. The van der Waals surface area contributed by atoms with E-state index >= 15 is 0 Å². The Bertz CT molecular complexity index is 407. The molecule has 3 nitrogen and oxygen atoms in total. The molecule has 1 aliphatic carbocycles. The maximum atomic E-state index is 12.0. The molecule has 0 spiro atoms. The van der Waals surface area contributed by atoms with Crippen molar-refractivity contribution in [1.82, 2.24) is 5.32 Å². The Labute approximate surface area is 115 Å². The first-order chi connectivity index (χ1) is 9.20. The topological polar surface area (TPSA) is 38.3 Å². The van der Waals surface area contributed by atoms with Gasteiger partial charge in [0, 0.05) is 6.04 Å². The van der Waals surface area contributed by atoms with Crippen LogP contribution in [0.1, 0.15) is 50.6 Å². The van der Waals surface area contributed by atoms with Crippen LogP contribution in [-0.4, -0.2) is 13.0 Å². The van der Waals surface area contributed by atoms with Crippen molar-refractivity contribution in [2.75, 3.05) is 7.05 Å². The van der Waals surface area contributed by atoms with Gasteiger partial charge >= 0.3 is 5.97 Å². The van der Waals surface area contributed by atoms with Gasteiger partial charge in [0.05, 0.1) is 5.92 Å². The largest absolute Gasteiger partial charge is 0.426 e. The third-order valence-corrected chi connectivity index (χ3v) is 3.97. The first-order valence-corrected chi connectivity index (χ1v) is 7.19. The highest BCUT2D eigenvalue weighted by molar-refractivity contribution is 5.75. The fourth-order valence-corrected chi connectivity index (χ4v) is 2.53. The minimum absolute atomic E-state index is 0.0610. The van der Waals surface area contributed by atoms with Gasteiger partial charge < -0.3 is 10.1 Å². The molecule has 104 valence electrons. The Morgan fingerprint density at radius 1 is 1.21 bits per heavy atom. The maximum Gasteiger partial charge on any atom is 0.314 e. The molecular weight excluding hydrogens is 238 g/mol. The minimum atomic E-state index is -0.0610. The van der Waals surface area contributed by atoms with E-state index in [1.807, 2.05) is 31.3 Å². The van der Waals surface area contributed by atoms with Crippen molar-refractivity contribution in [3.8, 4) is 5.75 Å². The number of ether oxygens (including phenoxy) is 1. The Morgan fingerprint density at radius 2 is 1.84 bits per heavy atom. The molecule has 0 aromatic heterocycles. The van der Waals surface area contributed by atoms with E-state index in [0.717, 1.165) is 25.7 Å². The fraction of sp³-hybridized carbons (Fsp3) is 0.562. The Hall–Kier alpha value is -1.35. The second-order valence-electron chi connectivity index (χ2n) is 5.34. The number of benzene rings is 1. The summed E-state index contributed by atoms with van der Waals surface area (Å²) in [7, 11) is 1.93. The first-order valence-electron chi connectivity index (χ1n) is 7.19. The van der Waals surface area contributed by atoms with Crippen molar-refractivity contribution < 1.29 is 9.53 Å². The van der Waals surface area contributed by atoms with E-state index in [1.165, 1.54) is 12.0 Å². The van der Waals surface area contributed by atoms with Crippen molar-refractivity contribution in [3.63, 3.8) is 0 Å². The van der Waals surface area contributed by atoms with Gasteiger partial charge in [0.15, 0.2) is 0 Å². The number of carbonyl (C=O) groups is 1. The number of esters is 1. The van der Waals surface area contributed by atoms with E-state index < -0.39 is 0 Å². The molecule has 1 N–H and O–H groups in total. The molecule has 1 fully saturated rings. The van der Waals surface area contributed by atoms with Gasteiger partial charge in [-0.1, -0.05) is 31.4 Å². The van der Waals surface area contributed by atoms with Gasteiger partial charge in [0.1, 0.15) is 5.75 Å². The van der Waals surface area contributed by atoms with Crippen LogP contribution >= 0.6 is 0 Å². The highest BCUT2D eigenvalue weighted by Gasteiger charge is 2.22. The van der Waals surface area contributed by atoms with E-state index in [1.54, 1.807) is 0 Å². The van der Waals surface area contributed by atoms with E-state index in [-0.39, 0.29) is 11.9 Å². The van der Waals surface area contributed by atoms with E-state index in [9.17, 15) is 4.79 Å². The summed E-state index contributed by atoms with van der Waals surface area (Å²) in [4.78, 5) is 12.0. The zero-order valence-corrected chi connectivity index (χ0v) is 11.8. The molecule has 1 aromatic rings. The molecular formula is C16H23NO2. The highest BCUT2D eigenvalue weighted by atomic mass is 16.5. The Kier molecular flexibility index (Phi) is 4.97. The molecule has 1 aromatic carbocycles. The summed E-state index contributed by atoms with van der Waals surface area (Å²) >= 11 is 0. The van der Waals surface area contributed by atoms with Crippen molar-refractivity contribution >= 4 is 5.97 Å². The molecule has 1 aliphatic rings. The monoisotopic (exact) mass is 261 g/mol. The van der Waals surface area contributed by atoms with Crippen LogP contribution in [0.4, 0.5) is 0 Å². The van der Waals surface area contributed by atoms with Gasteiger partial charge in [0.2, 0.25) is 0 Å². The van der Waals surface area contributed by atoms with Crippen molar-refractivity contribution in [3.05, 3.63) is 29.8 Å². The van der Waals surface area contributed by atoms with Crippen LogP contribution in [0.15, 0.2) is 24.3 Å². The second-order valence-corrected chi connectivity index (χ2v) is 5.34. The number of carbonyl (C=O) groups excluding carboxylic acids is 1. The molecule has 3 heteroatoms. The Morgan fingerprint density at radius 3 is 2.42 bits per heavy atom. The van der Waals surface area contributed by atoms with Crippen molar-refractivity contribution in [2.24, 2.45) is 5.92 Å².